The molecule has 0 amide bonds. The Bertz CT molecular complexity index is 356. The number of rotatable bonds is 4. The fraction of sp³-hybridized carbons (Fsp3) is 0.600. The number of hydrogen-bond donors (Lipinski definition) is 1. The molecule has 0 saturated carbocycles. The smallest absolute Gasteiger partial charge is 0.0792 e. The lowest BCUT2D eigenvalue weighted by Gasteiger charge is -2.16. The topological polar surface area (TPSA) is 20.2 Å². The lowest BCUT2D eigenvalue weighted by molar-refractivity contribution is 0.146. The predicted octanol–water partition coefficient (Wildman–Crippen LogP) is 3.64. The Kier molecular flexibility index (Phi) is 3.65. The molecule has 1 aliphatic rings. The summed E-state index contributed by atoms with van der Waals surface area (Å²) in [6.07, 6.45) is 5.44. The number of aryl methyl sites for hydroxylation is 2. The third kappa shape index (κ3) is 2.46. The second-order valence-corrected chi connectivity index (χ2v) is 5.15. The second kappa shape index (κ2) is 5.01. The molecule has 1 heteroatoms. The molecule has 0 radical (unpaired) electrons. The maximum Gasteiger partial charge on any atom is 0.0792 e. The van der Waals surface area contributed by atoms with Crippen LogP contribution < -0.4 is 0 Å². The lowest BCUT2D eigenvalue weighted by Crippen LogP contribution is -2.04. The van der Waals surface area contributed by atoms with Crippen LogP contribution in [0.1, 0.15) is 55.9 Å². The van der Waals surface area contributed by atoms with Crippen molar-refractivity contribution in [3.8, 4) is 0 Å². The molecule has 2 atom stereocenters. The number of benzene rings is 1. The van der Waals surface area contributed by atoms with Gasteiger partial charge in [-0.05, 0) is 48.3 Å². The number of fused-ring (bicyclic) bond motifs is 1. The maximum absolute atomic E-state index is 10.2. The van der Waals surface area contributed by atoms with Crippen LogP contribution in [0.4, 0.5) is 0 Å². The van der Waals surface area contributed by atoms with Crippen molar-refractivity contribution in [2.75, 3.05) is 0 Å². The highest BCUT2D eigenvalue weighted by atomic mass is 16.3. The molecule has 2 rings (SSSR count). The van der Waals surface area contributed by atoms with Crippen molar-refractivity contribution in [1.82, 2.24) is 0 Å². The van der Waals surface area contributed by atoms with Crippen molar-refractivity contribution < 1.29 is 5.11 Å². The normalized spacial score (nSPS) is 18.2. The van der Waals surface area contributed by atoms with Gasteiger partial charge in [0.1, 0.15) is 0 Å². The SMILES string of the molecule is CCC(C)CC(O)c1ccc2c(c1)CCC2. The lowest BCUT2D eigenvalue weighted by atomic mass is 9.94. The van der Waals surface area contributed by atoms with Gasteiger partial charge < -0.3 is 5.11 Å². The molecule has 0 bridgehead atoms. The fourth-order valence-electron chi connectivity index (χ4n) is 2.48. The van der Waals surface area contributed by atoms with E-state index in [4.69, 9.17) is 0 Å². The van der Waals surface area contributed by atoms with Crippen LogP contribution in [0.25, 0.3) is 0 Å². The first-order valence-electron chi connectivity index (χ1n) is 6.50. The van der Waals surface area contributed by atoms with E-state index < -0.39 is 0 Å². The van der Waals surface area contributed by atoms with Crippen LogP contribution in [0.5, 0.6) is 0 Å². The minimum atomic E-state index is -0.277. The molecule has 2 unspecified atom stereocenters. The first-order chi connectivity index (χ1) is 7.70. The summed E-state index contributed by atoms with van der Waals surface area (Å²) in [6.45, 7) is 4.39. The Morgan fingerprint density at radius 3 is 2.75 bits per heavy atom. The largest absolute Gasteiger partial charge is 0.388 e. The molecule has 0 heterocycles. The van der Waals surface area contributed by atoms with E-state index >= 15 is 0 Å². The highest BCUT2D eigenvalue weighted by molar-refractivity contribution is 5.36. The molecular formula is C15H22O. The van der Waals surface area contributed by atoms with E-state index in [-0.39, 0.29) is 6.10 Å². The van der Waals surface area contributed by atoms with Crippen LogP contribution in [0, 0.1) is 5.92 Å². The van der Waals surface area contributed by atoms with E-state index in [2.05, 4.69) is 32.0 Å². The minimum Gasteiger partial charge on any atom is -0.388 e. The summed E-state index contributed by atoms with van der Waals surface area (Å²) in [5.74, 6) is 0.600. The summed E-state index contributed by atoms with van der Waals surface area (Å²) in [4.78, 5) is 0. The van der Waals surface area contributed by atoms with Gasteiger partial charge in [-0.25, -0.2) is 0 Å². The second-order valence-electron chi connectivity index (χ2n) is 5.15. The van der Waals surface area contributed by atoms with Gasteiger partial charge in [-0.3, -0.25) is 0 Å². The molecule has 0 fully saturated rings. The van der Waals surface area contributed by atoms with Crippen LogP contribution in [-0.2, 0) is 12.8 Å². The summed E-state index contributed by atoms with van der Waals surface area (Å²) >= 11 is 0. The number of aliphatic hydroxyl groups is 1. The first kappa shape index (κ1) is 11.7. The molecule has 0 aromatic heterocycles. The molecule has 0 spiro atoms. The average Bonchev–Trinajstić information content (AvgIpc) is 2.75. The fourth-order valence-corrected chi connectivity index (χ4v) is 2.48. The van der Waals surface area contributed by atoms with Gasteiger partial charge in [-0.15, -0.1) is 0 Å². The van der Waals surface area contributed by atoms with E-state index in [9.17, 15) is 5.11 Å². The van der Waals surface area contributed by atoms with Gasteiger partial charge in [0, 0.05) is 0 Å². The molecule has 0 saturated heterocycles. The highest BCUT2D eigenvalue weighted by Crippen LogP contribution is 2.28. The standard InChI is InChI=1S/C15H22O/c1-3-11(2)9-15(16)14-8-7-12-5-4-6-13(12)10-14/h7-8,10-11,15-16H,3-6,9H2,1-2H3. The average molecular weight is 218 g/mol. The molecule has 16 heavy (non-hydrogen) atoms. The number of hydrogen-bond acceptors (Lipinski definition) is 1. The van der Waals surface area contributed by atoms with Gasteiger partial charge in [0.25, 0.3) is 0 Å². The van der Waals surface area contributed by atoms with Gasteiger partial charge in [0.05, 0.1) is 6.10 Å². The number of aliphatic hydroxyl groups excluding tert-OH is 1. The Morgan fingerprint density at radius 2 is 2.00 bits per heavy atom. The molecule has 1 aromatic carbocycles. The van der Waals surface area contributed by atoms with Gasteiger partial charge in [0.15, 0.2) is 0 Å². The van der Waals surface area contributed by atoms with E-state index in [1.165, 1.54) is 30.4 Å². The Labute approximate surface area is 98.5 Å². The molecule has 0 aliphatic heterocycles. The van der Waals surface area contributed by atoms with Crippen molar-refractivity contribution in [3.63, 3.8) is 0 Å². The van der Waals surface area contributed by atoms with Gasteiger partial charge in [-0.1, -0.05) is 38.5 Å². The molecular weight excluding hydrogens is 196 g/mol. The maximum atomic E-state index is 10.2. The zero-order valence-corrected chi connectivity index (χ0v) is 10.4. The summed E-state index contributed by atoms with van der Waals surface area (Å²) in [5.41, 5.74) is 4.06. The van der Waals surface area contributed by atoms with Crippen LogP contribution >= 0.6 is 0 Å². The first-order valence-corrected chi connectivity index (χ1v) is 6.50. The quantitative estimate of drug-likeness (QED) is 0.818. The molecule has 1 aromatic rings. The van der Waals surface area contributed by atoms with E-state index in [1.807, 2.05) is 0 Å². The van der Waals surface area contributed by atoms with E-state index in [0.29, 0.717) is 5.92 Å². The summed E-state index contributed by atoms with van der Waals surface area (Å²) in [5, 5.41) is 10.2. The monoisotopic (exact) mass is 218 g/mol. The Hall–Kier alpha value is -0.820. The summed E-state index contributed by atoms with van der Waals surface area (Å²) < 4.78 is 0. The highest BCUT2D eigenvalue weighted by Gasteiger charge is 2.15. The summed E-state index contributed by atoms with van der Waals surface area (Å²) in [7, 11) is 0. The molecule has 1 nitrogen and oxygen atoms in total. The van der Waals surface area contributed by atoms with Crippen LogP contribution in [-0.4, -0.2) is 5.11 Å². The van der Waals surface area contributed by atoms with E-state index in [0.717, 1.165) is 18.4 Å². The molecule has 88 valence electrons. The van der Waals surface area contributed by atoms with Gasteiger partial charge in [0.2, 0.25) is 0 Å². The van der Waals surface area contributed by atoms with Crippen molar-refractivity contribution in [3.05, 3.63) is 34.9 Å². The van der Waals surface area contributed by atoms with Crippen molar-refractivity contribution in [2.24, 2.45) is 5.92 Å². The summed E-state index contributed by atoms with van der Waals surface area (Å²) in [6, 6.07) is 6.53. The van der Waals surface area contributed by atoms with Gasteiger partial charge in [-0.2, -0.15) is 0 Å². The third-order valence-electron chi connectivity index (χ3n) is 3.83. The minimum absolute atomic E-state index is 0.277. The van der Waals surface area contributed by atoms with Crippen LogP contribution in [0.2, 0.25) is 0 Å². The molecule has 1 N–H and O–H groups in total. The predicted molar refractivity (Wildman–Crippen MR) is 67.5 cm³/mol. The van der Waals surface area contributed by atoms with Crippen LogP contribution in [0.3, 0.4) is 0 Å². The third-order valence-corrected chi connectivity index (χ3v) is 3.83. The zero-order chi connectivity index (χ0) is 11.5. The van der Waals surface area contributed by atoms with Gasteiger partial charge >= 0.3 is 0 Å². The Morgan fingerprint density at radius 1 is 1.25 bits per heavy atom. The Balaban J connectivity index is 2.09. The van der Waals surface area contributed by atoms with Crippen molar-refractivity contribution >= 4 is 0 Å². The van der Waals surface area contributed by atoms with Crippen molar-refractivity contribution in [1.29, 1.82) is 0 Å². The molecule has 1 aliphatic carbocycles. The van der Waals surface area contributed by atoms with Crippen molar-refractivity contribution in [2.45, 2.75) is 52.1 Å². The van der Waals surface area contributed by atoms with E-state index in [1.54, 1.807) is 0 Å². The zero-order valence-electron chi connectivity index (χ0n) is 10.4. The van der Waals surface area contributed by atoms with Crippen LogP contribution in [0.15, 0.2) is 18.2 Å².